The number of nitrogens with one attached hydrogen (secondary N) is 1. The summed E-state index contributed by atoms with van der Waals surface area (Å²) in [6.07, 6.45) is 6.28. The van der Waals surface area contributed by atoms with Gasteiger partial charge in [0.2, 0.25) is 0 Å². The Balaban J connectivity index is 0. The Hall–Kier alpha value is 0.686. The first kappa shape index (κ1) is 26.9. The number of carbonyl (C=O) groups excluding carboxylic acids is 1. The predicted octanol–water partition coefficient (Wildman–Crippen LogP) is -3.10. The number of aliphatic hydroxyl groups is 2. The van der Waals surface area contributed by atoms with Gasteiger partial charge in [-0.25, -0.2) is 0 Å². The molecule has 0 aromatic carbocycles. The number of nitrogens with zero attached hydrogens (tertiary/aromatic N) is 1. The molecule has 0 aromatic rings. The molecule has 2 unspecified atom stereocenters. The van der Waals surface area contributed by atoms with Gasteiger partial charge in [0, 0.05) is 38.7 Å². The van der Waals surface area contributed by atoms with E-state index in [-0.39, 0.29) is 57.8 Å². The van der Waals surface area contributed by atoms with Crippen molar-refractivity contribution >= 4 is 5.97 Å². The number of carboxylic acid groups (broad SMARTS) is 1. The number of carbonyl (C=O) groups is 1. The van der Waals surface area contributed by atoms with Crippen molar-refractivity contribution in [2.24, 2.45) is 0 Å². The van der Waals surface area contributed by atoms with Crippen LogP contribution < -0.4 is 61.8 Å². The molecule has 0 aliphatic heterocycles. The van der Waals surface area contributed by atoms with Gasteiger partial charge in [-0.3, -0.25) is 4.90 Å². The third-order valence-electron chi connectivity index (χ3n) is 3.62. The minimum Gasteiger partial charge on any atom is -0.550 e. The standard InChI is InChI=1S/C17H34N2O4.K/c1-3-5-7-15(20)13-18-10-12-19(11-9-17(22)23)14-16(21)8-6-4-2;/h3,5,15-16,18,20-21H,4,6-14H2,1-2H3,(H,22,23);/q;+1/p-1/b5-3+;. The second-order valence-corrected chi connectivity index (χ2v) is 5.88. The van der Waals surface area contributed by atoms with Gasteiger partial charge < -0.3 is 25.4 Å². The second-order valence-electron chi connectivity index (χ2n) is 5.88. The Labute approximate surface area is 189 Å². The topological polar surface area (TPSA) is 95.9 Å². The van der Waals surface area contributed by atoms with Gasteiger partial charge in [0.15, 0.2) is 0 Å². The van der Waals surface area contributed by atoms with Gasteiger partial charge in [0.1, 0.15) is 0 Å². The van der Waals surface area contributed by atoms with E-state index in [9.17, 15) is 20.1 Å². The number of rotatable bonds is 15. The maximum Gasteiger partial charge on any atom is 1.00 e. The second kappa shape index (κ2) is 18.5. The van der Waals surface area contributed by atoms with E-state index in [1.54, 1.807) is 0 Å². The molecule has 0 amide bonds. The molecule has 136 valence electrons. The molecule has 0 aliphatic rings. The molecule has 0 spiro atoms. The maximum absolute atomic E-state index is 10.6. The molecule has 3 N–H and O–H groups in total. The largest absolute Gasteiger partial charge is 1.00 e. The van der Waals surface area contributed by atoms with E-state index in [4.69, 9.17) is 0 Å². The fourth-order valence-corrected chi connectivity index (χ4v) is 2.26. The summed E-state index contributed by atoms with van der Waals surface area (Å²) in [5.41, 5.74) is 0. The molecule has 24 heavy (non-hydrogen) atoms. The number of aliphatic hydroxyl groups excluding tert-OH is 2. The van der Waals surface area contributed by atoms with Crippen LogP contribution in [0.15, 0.2) is 12.2 Å². The number of hydrogen-bond donors (Lipinski definition) is 3. The summed E-state index contributed by atoms with van der Waals surface area (Å²) in [5.74, 6) is -1.08. The third-order valence-corrected chi connectivity index (χ3v) is 3.62. The van der Waals surface area contributed by atoms with Crippen LogP contribution in [0.1, 0.15) is 46.0 Å². The van der Waals surface area contributed by atoms with Gasteiger partial charge in [0.05, 0.1) is 12.2 Å². The van der Waals surface area contributed by atoms with Gasteiger partial charge in [-0.2, -0.15) is 0 Å². The smallest absolute Gasteiger partial charge is 0.550 e. The molecule has 0 rings (SSSR count). The van der Waals surface area contributed by atoms with Crippen molar-refractivity contribution < 1.29 is 71.5 Å². The summed E-state index contributed by atoms with van der Waals surface area (Å²) >= 11 is 0. The SMILES string of the molecule is C/C=C/CC(O)CNCCN(CCC(=O)[O-])CC(O)CCCC.[K+]. The molecule has 0 saturated heterocycles. The quantitative estimate of drug-likeness (QED) is 0.161. The zero-order valence-corrected chi connectivity index (χ0v) is 18.7. The molecule has 2 atom stereocenters. The van der Waals surface area contributed by atoms with Crippen LogP contribution in [-0.4, -0.2) is 66.0 Å². The molecule has 7 heteroatoms. The van der Waals surface area contributed by atoms with Crippen LogP contribution in [0.2, 0.25) is 0 Å². The van der Waals surface area contributed by atoms with E-state index in [0.29, 0.717) is 39.1 Å². The van der Waals surface area contributed by atoms with Crippen LogP contribution in [0.3, 0.4) is 0 Å². The zero-order valence-electron chi connectivity index (χ0n) is 15.5. The Kier molecular flexibility index (Phi) is 20.7. The maximum atomic E-state index is 10.6. The number of aliphatic carboxylic acids is 1. The number of unbranched alkanes of at least 4 members (excludes halogenated alkanes) is 1. The Morgan fingerprint density at radius 1 is 1.29 bits per heavy atom. The van der Waals surface area contributed by atoms with E-state index < -0.39 is 18.2 Å². The fourth-order valence-electron chi connectivity index (χ4n) is 2.26. The molecular formula is C17H33KN2O4. The van der Waals surface area contributed by atoms with Crippen LogP contribution in [0, 0.1) is 0 Å². The summed E-state index contributed by atoms with van der Waals surface area (Å²) in [6.45, 7) is 6.59. The van der Waals surface area contributed by atoms with Crippen LogP contribution in [0.25, 0.3) is 0 Å². The zero-order chi connectivity index (χ0) is 17.5. The Morgan fingerprint density at radius 3 is 2.58 bits per heavy atom. The van der Waals surface area contributed by atoms with Crippen molar-refractivity contribution in [1.82, 2.24) is 10.2 Å². The first-order chi connectivity index (χ1) is 11.0. The van der Waals surface area contributed by atoms with Crippen molar-refractivity contribution in [3.8, 4) is 0 Å². The summed E-state index contributed by atoms with van der Waals surface area (Å²) in [7, 11) is 0. The van der Waals surface area contributed by atoms with E-state index >= 15 is 0 Å². The van der Waals surface area contributed by atoms with Gasteiger partial charge in [0.25, 0.3) is 0 Å². The average molecular weight is 369 g/mol. The number of allylic oxidation sites excluding steroid dienone is 1. The molecule has 0 aliphatic carbocycles. The Morgan fingerprint density at radius 2 is 2.00 bits per heavy atom. The first-order valence-corrected chi connectivity index (χ1v) is 8.59. The summed E-state index contributed by atoms with van der Waals surface area (Å²) < 4.78 is 0. The van der Waals surface area contributed by atoms with Crippen molar-refractivity contribution in [3.05, 3.63) is 12.2 Å². The van der Waals surface area contributed by atoms with Gasteiger partial charge in [-0.1, -0.05) is 31.9 Å². The first-order valence-electron chi connectivity index (χ1n) is 8.59. The van der Waals surface area contributed by atoms with Crippen molar-refractivity contribution in [2.75, 3.05) is 32.7 Å². The summed E-state index contributed by atoms with van der Waals surface area (Å²) in [4.78, 5) is 12.6. The van der Waals surface area contributed by atoms with E-state index in [2.05, 4.69) is 12.2 Å². The van der Waals surface area contributed by atoms with E-state index in [1.807, 2.05) is 24.0 Å². The van der Waals surface area contributed by atoms with Crippen LogP contribution in [-0.2, 0) is 4.79 Å². The van der Waals surface area contributed by atoms with Gasteiger partial charge >= 0.3 is 51.4 Å². The molecule has 0 heterocycles. The third kappa shape index (κ3) is 17.5. The number of hydrogen-bond acceptors (Lipinski definition) is 6. The van der Waals surface area contributed by atoms with Crippen LogP contribution in [0.5, 0.6) is 0 Å². The number of carboxylic acids is 1. The molecular weight excluding hydrogens is 335 g/mol. The Bertz CT molecular complexity index is 330. The average Bonchev–Trinajstić information content (AvgIpc) is 2.52. The molecule has 0 saturated carbocycles. The fraction of sp³-hybridized carbons (Fsp3) is 0.824. The summed E-state index contributed by atoms with van der Waals surface area (Å²) in [6, 6.07) is 0. The van der Waals surface area contributed by atoms with Gasteiger partial charge in [-0.15, -0.1) is 0 Å². The minimum atomic E-state index is -1.08. The van der Waals surface area contributed by atoms with Gasteiger partial charge in [-0.05, 0) is 26.2 Å². The normalized spacial score (nSPS) is 13.9. The van der Waals surface area contributed by atoms with Crippen molar-refractivity contribution in [3.63, 3.8) is 0 Å². The molecule has 0 bridgehead atoms. The van der Waals surface area contributed by atoms with Crippen LogP contribution >= 0.6 is 0 Å². The van der Waals surface area contributed by atoms with Crippen molar-refractivity contribution in [2.45, 2.75) is 58.2 Å². The molecule has 0 fully saturated rings. The van der Waals surface area contributed by atoms with Crippen LogP contribution in [0.4, 0.5) is 0 Å². The summed E-state index contributed by atoms with van der Waals surface area (Å²) in [5, 5.41) is 33.5. The van der Waals surface area contributed by atoms with E-state index in [1.165, 1.54) is 0 Å². The van der Waals surface area contributed by atoms with Crippen molar-refractivity contribution in [1.29, 1.82) is 0 Å². The molecule has 0 aromatic heterocycles. The predicted molar refractivity (Wildman–Crippen MR) is 89.9 cm³/mol. The monoisotopic (exact) mass is 368 g/mol. The minimum absolute atomic E-state index is 0. The molecule has 0 radical (unpaired) electrons. The molecule has 6 nitrogen and oxygen atoms in total. The van der Waals surface area contributed by atoms with E-state index in [0.717, 1.165) is 19.3 Å².